The fourth-order valence-corrected chi connectivity index (χ4v) is 5.53. The van der Waals surface area contributed by atoms with Crippen molar-refractivity contribution >= 4 is 0 Å². The van der Waals surface area contributed by atoms with Crippen LogP contribution in [0.4, 0.5) is 0 Å². The van der Waals surface area contributed by atoms with Crippen molar-refractivity contribution in [1.82, 2.24) is 10.2 Å². The summed E-state index contributed by atoms with van der Waals surface area (Å²) >= 11 is 0. The van der Waals surface area contributed by atoms with Gasteiger partial charge in [-0.2, -0.15) is 0 Å². The molecule has 5 nitrogen and oxygen atoms in total. The van der Waals surface area contributed by atoms with Crippen LogP contribution in [0.3, 0.4) is 0 Å². The minimum atomic E-state index is -0.166. The highest BCUT2D eigenvalue weighted by atomic mass is 16.6. The van der Waals surface area contributed by atoms with Gasteiger partial charge in [-0.05, 0) is 49.0 Å². The van der Waals surface area contributed by atoms with E-state index in [-0.39, 0.29) is 24.4 Å². The second-order valence-electron chi connectivity index (χ2n) is 10.4. The van der Waals surface area contributed by atoms with Crippen molar-refractivity contribution in [1.29, 1.82) is 0 Å². The lowest BCUT2D eigenvalue weighted by Gasteiger charge is -2.48. The molecule has 0 bridgehead atoms. The Hall–Kier alpha value is -2.54. The lowest BCUT2D eigenvalue weighted by atomic mass is 9.92. The van der Waals surface area contributed by atoms with E-state index in [0.717, 1.165) is 26.2 Å². The topological polar surface area (TPSA) is 43.0 Å². The molecular formula is C32H40N2O3. The normalized spacial score (nSPS) is 26.4. The van der Waals surface area contributed by atoms with Gasteiger partial charge in [0, 0.05) is 19.1 Å². The molecule has 5 heteroatoms. The number of piperidine rings is 1. The zero-order valence-corrected chi connectivity index (χ0v) is 21.9. The van der Waals surface area contributed by atoms with Crippen LogP contribution in [0.25, 0.3) is 0 Å². The van der Waals surface area contributed by atoms with Crippen molar-refractivity contribution < 1.29 is 14.2 Å². The number of benzene rings is 3. The molecule has 0 spiro atoms. The lowest BCUT2D eigenvalue weighted by Crippen LogP contribution is -2.63. The Bertz CT molecular complexity index is 1040. The first-order chi connectivity index (χ1) is 18.3. The first-order valence-corrected chi connectivity index (χ1v) is 13.7. The average molecular weight is 501 g/mol. The van der Waals surface area contributed by atoms with Gasteiger partial charge in [-0.15, -0.1) is 0 Å². The summed E-state index contributed by atoms with van der Waals surface area (Å²) in [6, 6.07) is 31.5. The van der Waals surface area contributed by atoms with Crippen molar-refractivity contribution in [2.45, 2.75) is 57.5 Å². The molecule has 3 aromatic rings. The van der Waals surface area contributed by atoms with Gasteiger partial charge >= 0.3 is 0 Å². The van der Waals surface area contributed by atoms with Gasteiger partial charge in [0.05, 0.1) is 25.9 Å². The highest BCUT2D eigenvalue weighted by Gasteiger charge is 2.44. The van der Waals surface area contributed by atoms with E-state index in [1.807, 2.05) is 18.2 Å². The van der Waals surface area contributed by atoms with Gasteiger partial charge in [-0.3, -0.25) is 4.90 Å². The monoisotopic (exact) mass is 500 g/mol. The second kappa shape index (κ2) is 13.3. The third-order valence-electron chi connectivity index (χ3n) is 7.69. The summed E-state index contributed by atoms with van der Waals surface area (Å²) in [6.07, 6.45) is 0.867. The Balaban J connectivity index is 1.36. The van der Waals surface area contributed by atoms with Gasteiger partial charge in [0.15, 0.2) is 0 Å². The molecule has 0 aliphatic carbocycles. The van der Waals surface area contributed by atoms with Crippen LogP contribution in [0.15, 0.2) is 91.0 Å². The molecule has 2 aliphatic rings. The van der Waals surface area contributed by atoms with Gasteiger partial charge in [0.1, 0.15) is 12.2 Å². The maximum atomic E-state index is 6.70. The van der Waals surface area contributed by atoms with E-state index >= 15 is 0 Å². The molecule has 1 N–H and O–H groups in total. The van der Waals surface area contributed by atoms with Gasteiger partial charge in [-0.1, -0.05) is 91.0 Å². The maximum Gasteiger partial charge on any atom is 0.113 e. The summed E-state index contributed by atoms with van der Waals surface area (Å²) in [4.78, 5) is 2.57. The smallest absolute Gasteiger partial charge is 0.113 e. The van der Waals surface area contributed by atoms with Gasteiger partial charge in [0.25, 0.3) is 0 Å². The van der Waals surface area contributed by atoms with E-state index in [0.29, 0.717) is 25.7 Å². The predicted molar refractivity (Wildman–Crippen MR) is 147 cm³/mol. The van der Waals surface area contributed by atoms with E-state index in [1.165, 1.54) is 23.1 Å². The van der Waals surface area contributed by atoms with Crippen LogP contribution >= 0.6 is 0 Å². The van der Waals surface area contributed by atoms with E-state index < -0.39 is 0 Å². The highest BCUT2D eigenvalue weighted by Crippen LogP contribution is 2.29. The molecule has 2 heterocycles. The summed E-state index contributed by atoms with van der Waals surface area (Å²) in [5.74, 6) is 0.661. The Labute approximate surface area is 221 Å². The fraction of sp³-hybridized carbons (Fsp3) is 0.438. The zero-order chi connectivity index (χ0) is 25.3. The minimum Gasteiger partial charge on any atom is -0.369 e. The molecule has 0 radical (unpaired) electrons. The fourth-order valence-electron chi connectivity index (χ4n) is 5.53. The molecular weight excluding hydrogens is 460 g/mol. The molecule has 0 aromatic heterocycles. The van der Waals surface area contributed by atoms with Crippen molar-refractivity contribution in [3.05, 3.63) is 108 Å². The van der Waals surface area contributed by atoms with Crippen LogP contribution in [-0.4, -0.2) is 55.4 Å². The first kappa shape index (κ1) is 26.1. The number of likely N-dealkylation sites (tertiary alicyclic amines) is 1. The van der Waals surface area contributed by atoms with E-state index in [2.05, 4.69) is 89.9 Å². The minimum absolute atomic E-state index is 0.0877. The third-order valence-corrected chi connectivity index (χ3v) is 7.69. The maximum absolute atomic E-state index is 6.70. The zero-order valence-electron chi connectivity index (χ0n) is 21.9. The molecule has 196 valence electrons. The molecule has 0 saturated carbocycles. The molecule has 5 atom stereocenters. The van der Waals surface area contributed by atoms with Crippen LogP contribution < -0.4 is 5.32 Å². The van der Waals surface area contributed by atoms with Gasteiger partial charge in [0.2, 0.25) is 0 Å². The van der Waals surface area contributed by atoms with Crippen LogP contribution in [0, 0.1) is 5.92 Å². The number of hydrogen-bond donors (Lipinski definition) is 1. The number of hydrogen-bond acceptors (Lipinski definition) is 5. The highest BCUT2D eigenvalue weighted by molar-refractivity contribution is 5.16. The Morgan fingerprint density at radius 3 is 1.73 bits per heavy atom. The van der Waals surface area contributed by atoms with E-state index in [9.17, 15) is 0 Å². The first-order valence-electron chi connectivity index (χ1n) is 13.7. The van der Waals surface area contributed by atoms with Crippen LogP contribution in [-0.2, 0) is 34.0 Å². The summed E-state index contributed by atoms with van der Waals surface area (Å²) in [6.45, 7) is 8.05. The summed E-state index contributed by atoms with van der Waals surface area (Å²) in [5, 5.41) is 3.53. The third kappa shape index (κ3) is 7.28. The van der Waals surface area contributed by atoms with Crippen molar-refractivity contribution in [2.75, 3.05) is 26.2 Å². The summed E-state index contributed by atoms with van der Waals surface area (Å²) < 4.78 is 20.0. The van der Waals surface area contributed by atoms with Crippen LogP contribution in [0.5, 0.6) is 0 Å². The van der Waals surface area contributed by atoms with Crippen LogP contribution in [0.1, 0.15) is 30.0 Å². The van der Waals surface area contributed by atoms with Crippen LogP contribution in [0.2, 0.25) is 0 Å². The Morgan fingerprint density at radius 1 is 0.703 bits per heavy atom. The SMILES string of the molecule is CC1C(OCc2ccccc2)C(OCc2ccccc2)C(OCc2ccccc2)CN1C[C@@H]1CCNC1. The molecule has 3 aromatic carbocycles. The summed E-state index contributed by atoms with van der Waals surface area (Å²) in [7, 11) is 0. The largest absolute Gasteiger partial charge is 0.369 e. The molecule has 4 unspecified atom stereocenters. The lowest BCUT2D eigenvalue weighted by molar-refractivity contribution is -0.201. The molecule has 37 heavy (non-hydrogen) atoms. The molecule has 5 rings (SSSR count). The second-order valence-corrected chi connectivity index (χ2v) is 10.4. The van der Waals surface area contributed by atoms with Crippen molar-refractivity contribution in [3.8, 4) is 0 Å². The van der Waals surface area contributed by atoms with Gasteiger partial charge in [-0.25, -0.2) is 0 Å². The molecule has 2 fully saturated rings. The van der Waals surface area contributed by atoms with Crippen molar-refractivity contribution in [2.24, 2.45) is 5.92 Å². The summed E-state index contributed by atoms with van der Waals surface area (Å²) in [5.41, 5.74) is 3.52. The van der Waals surface area contributed by atoms with E-state index in [1.54, 1.807) is 0 Å². The molecule has 0 amide bonds. The predicted octanol–water partition coefficient (Wildman–Crippen LogP) is 5.06. The standard InChI is InChI=1S/C32H40N2O3/c1-25-31(36-23-27-13-7-3-8-14-27)32(37-24-28-15-9-4-10-16-28)30(35-22-26-11-5-2-6-12-26)21-34(25)20-29-17-18-33-19-29/h2-16,25,29-33H,17-24H2,1H3/t25?,29-,30?,31?,32?/m1/s1. The molecule has 2 saturated heterocycles. The average Bonchev–Trinajstić information content (AvgIpc) is 3.46. The van der Waals surface area contributed by atoms with Gasteiger partial charge < -0.3 is 19.5 Å². The Kier molecular flexibility index (Phi) is 9.38. The van der Waals surface area contributed by atoms with Crippen molar-refractivity contribution in [3.63, 3.8) is 0 Å². The molecule has 2 aliphatic heterocycles. The number of nitrogens with zero attached hydrogens (tertiary/aromatic N) is 1. The number of ether oxygens (including phenoxy) is 3. The quantitative estimate of drug-likeness (QED) is 0.399. The van der Waals surface area contributed by atoms with E-state index in [4.69, 9.17) is 14.2 Å². The number of rotatable bonds is 11. The number of nitrogens with one attached hydrogen (secondary N) is 1. The Morgan fingerprint density at radius 2 is 1.22 bits per heavy atom.